The van der Waals surface area contributed by atoms with Crippen molar-refractivity contribution in [1.29, 1.82) is 0 Å². The molecule has 0 aliphatic carbocycles. The quantitative estimate of drug-likeness (QED) is 0.676. The van der Waals surface area contributed by atoms with Crippen LogP contribution in [0.3, 0.4) is 0 Å². The Balaban J connectivity index is 0.00000169. The van der Waals surface area contributed by atoms with Crippen LogP contribution < -0.4 is 10.6 Å². The molecule has 8 heteroatoms. The van der Waals surface area contributed by atoms with Gasteiger partial charge in [-0.3, -0.25) is 9.89 Å². The maximum atomic E-state index is 12.5. The first kappa shape index (κ1) is 16.5. The third kappa shape index (κ3) is 2.88. The van der Waals surface area contributed by atoms with E-state index in [4.69, 9.17) is 4.42 Å². The fraction of sp³-hybridized carbons (Fsp3) is 0.312. The van der Waals surface area contributed by atoms with Gasteiger partial charge in [-0.15, -0.1) is 12.4 Å². The summed E-state index contributed by atoms with van der Waals surface area (Å²) in [7, 11) is 0. The van der Waals surface area contributed by atoms with Gasteiger partial charge in [0.1, 0.15) is 5.52 Å². The van der Waals surface area contributed by atoms with Gasteiger partial charge in [-0.2, -0.15) is 5.10 Å². The predicted molar refractivity (Wildman–Crippen MR) is 92.6 cm³/mol. The number of carbonyl (C=O) groups is 1. The first-order valence-electron chi connectivity index (χ1n) is 7.72. The molecule has 1 aromatic carbocycles. The maximum Gasteiger partial charge on any atom is 0.276 e. The van der Waals surface area contributed by atoms with E-state index in [1.807, 2.05) is 25.1 Å². The number of aryl methyl sites for hydroxylation is 1. The maximum absolute atomic E-state index is 12.5. The first-order valence-corrected chi connectivity index (χ1v) is 7.72. The highest BCUT2D eigenvalue weighted by atomic mass is 35.5. The van der Waals surface area contributed by atoms with E-state index in [0.717, 1.165) is 41.7 Å². The number of benzene rings is 1. The van der Waals surface area contributed by atoms with Crippen molar-refractivity contribution in [1.82, 2.24) is 20.5 Å². The molecule has 1 aliphatic heterocycles. The molecular formula is C16H18ClN5O2. The van der Waals surface area contributed by atoms with Crippen molar-refractivity contribution in [3.8, 4) is 0 Å². The topological polar surface area (TPSA) is 95.8 Å². The molecule has 2 aromatic heterocycles. The van der Waals surface area contributed by atoms with Crippen LogP contribution in [0.15, 0.2) is 22.6 Å². The van der Waals surface area contributed by atoms with E-state index >= 15 is 0 Å². The van der Waals surface area contributed by atoms with Crippen molar-refractivity contribution in [3.63, 3.8) is 0 Å². The van der Waals surface area contributed by atoms with Gasteiger partial charge in [0.05, 0.1) is 0 Å². The number of anilines is 1. The highest BCUT2D eigenvalue weighted by molar-refractivity contribution is 6.04. The van der Waals surface area contributed by atoms with Crippen molar-refractivity contribution in [2.75, 3.05) is 11.9 Å². The Hall–Kier alpha value is -2.38. The second kappa shape index (κ2) is 6.62. The summed E-state index contributed by atoms with van der Waals surface area (Å²) >= 11 is 0. The van der Waals surface area contributed by atoms with Crippen molar-refractivity contribution in [2.45, 2.75) is 26.3 Å². The molecule has 1 amide bonds. The number of hydrogen-bond donors (Lipinski definition) is 3. The zero-order valence-electron chi connectivity index (χ0n) is 13.2. The number of nitrogens with one attached hydrogen (secondary N) is 3. The minimum absolute atomic E-state index is 0. The van der Waals surface area contributed by atoms with Gasteiger partial charge in [0.25, 0.3) is 5.91 Å². The summed E-state index contributed by atoms with van der Waals surface area (Å²) in [4.78, 5) is 16.9. The van der Waals surface area contributed by atoms with Crippen LogP contribution in [0.4, 0.5) is 5.69 Å². The molecule has 0 atom stereocenters. The van der Waals surface area contributed by atoms with Crippen molar-refractivity contribution >= 4 is 35.1 Å². The van der Waals surface area contributed by atoms with Crippen LogP contribution in [0.1, 0.15) is 34.6 Å². The number of aromatic nitrogens is 3. The minimum atomic E-state index is -0.218. The number of amides is 1. The number of fused-ring (bicyclic) bond motifs is 2. The van der Waals surface area contributed by atoms with Gasteiger partial charge in [0.15, 0.2) is 17.2 Å². The number of oxazole rings is 1. The van der Waals surface area contributed by atoms with Crippen LogP contribution >= 0.6 is 12.4 Å². The fourth-order valence-corrected chi connectivity index (χ4v) is 2.81. The van der Waals surface area contributed by atoms with Crippen LogP contribution in [0.25, 0.3) is 11.1 Å². The Morgan fingerprint density at radius 2 is 2.29 bits per heavy atom. The molecule has 24 heavy (non-hydrogen) atoms. The van der Waals surface area contributed by atoms with Crippen molar-refractivity contribution < 1.29 is 9.21 Å². The Kier molecular flexibility index (Phi) is 4.55. The Labute approximate surface area is 144 Å². The minimum Gasteiger partial charge on any atom is -0.441 e. The molecule has 3 aromatic rings. The number of aromatic amines is 1. The molecule has 1 aliphatic rings. The van der Waals surface area contributed by atoms with Crippen LogP contribution in [0.2, 0.25) is 0 Å². The second-order valence-electron chi connectivity index (χ2n) is 5.55. The Morgan fingerprint density at radius 3 is 3.12 bits per heavy atom. The van der Waals surface area contributed by atoms with Gasteiger partial charge in [-0.25, -0.2) is 4.98 Å². The van der Waals surface area contributed by atoms with E-state index in [0.29, 0.717) is 23.8 Å². The lowest BCUT2D eigenvalue weighted by Crippen LogP contribution is -2.25. The molecule has 7 nitrogen and oxygen atoms in total. The highest BCUT2D eigenvalue weighted by Crippen LogP contribution is 2.22. The number of halogens is 1. The van der Waals surface area contributed by atoms with Crippen LogP contribution in [-0.4, -0.2) is 27.6 Å². The first-order chi connectivity index (χ1) is 11.2. The van der Waals surface area contributed by atoms with E-state index < -0.39 is 0 Å². The summed E-state index contributed by atoms with van der Waals surface area (Å²) < 4.78 is 5.57. The van der Waals surface area contributed by atoms with Crippen LogP contribution in [0.5, 0.6) is 0 Å². The smallest absolute Gasteiger partial charge is 0.276 e. The van der Waals surface area contributed by atoms with E-state index in [9.17, 15) is 4.79 Å². The van der Waals surface area contributed by atoms with Crippen molar-refractivity contribution in [2.24, 2.45) is 0 Å². The normalized spacial score (nSPS) is 13.4. The molecule has 0 saturated carbocycles. The molecule has 0 radical (unpaired) electrons. The number of carbonyl (C=O) groups excluding carboxylic acids is 1. The molecular weight excluding hydrogens is 330 g/mol. The number of hydrogen-bond acceptors (Lipinski definition) is 5. The van der Waals surface area contributed by atoms with Gasteiger partial charge < -0.3 is 15.1 Å². The second-order valence-corrected chi connectivity index (χ2v) is 5.55. The van der Waals surface area contributed by atoms with Crippen LogP contribution in [0, 0.1) is 0 Å². The zero-order chi connectivity index (χ0) is 15.8. The molecule has 0 saturated heterocycles. The lowest BCUT2D eigenvalue weighted by atomic mass is 10.1. The molecule has 4 rings (SSSR count). The van der Waals surface area contributed by atoms with E-state index in [1.54, 1.807) is 0 Å². The Bertz CT molecular complexity index is 886. The standard InChI is InChI=1S/C16H17N5O2.ClH/c1-2-14-19-12-7-9(3-4-13(12)23-14)18-16(22)15-10-8-17-6-5-11(10)20-21-15;/h3-4,7,17H,2,5-6,8H2,1H3,(H,18,22)(H,20,21);1H. The summed E-state index contributed by atoms with van der Waals surface area (Å²) in [5, 5.41) is 13.3. The van der Waals surface area contributed by atoms with E-state index in [1.165, 1.54) is 0 Å². The summed E-state index contributed by atoms with van der Waals surface area (Å²) in [6.45, 7) is 3.55. The lowest BCUT2D eigenvalue weighted by molar-refractivity contribution is 0.102. The summed E-state index contributed by atoms with van der Waals surface area (Å²) in [5.41, 5.74) is 4.57. The fourth-order valence-electron chi connectivity index (χ4n) is 2.81. The summed E-state index contributed by atoms with van der Waals surface area (Å²) in [6, 6.07) is 5.44. The van der Waals surface area contributed by atoms with Crippen LogP contribution in [-0.2, 0) is 19.4 Å². The average molecular weight is 348 g/mol. The molecule has 0 spiro atoms. The van der Waals surface area contributed by atoms with Crippen molar-refractivity contribution in [3.05, 3.63) is 41.0 Å². The van der Waals surface area contributed by atoms with E-state index in [-0.39, 0.29) is 18.3 Å². The van der Waals surface area contributed by atoms with Gasteiger partial charge in [-0.05, 0) is 18.2 Å². The average Bonchev–Trinajstić information content (AvgIpc) is 3.18. The zero-order valence-corrected chi connectivity index (χ0v) is 14.0. The monoisotopic (exact) mass is 347 g/mol. The highest BCUT2D eigenvalue weighted by Gasteiger charge is 2.21. The predicted octanol–water partition coefficient (Wildman–Crippen LogP) is 2.43. The van der Waals surface area contributed by atoms with Gasteiger partial charge >= 0.3 is 0 Å². The molecule has 0 unspecified atom stereocenters. The van der Waals surface area contributed by atoms with Gasteiger partial charge in [-0.1, -0.05) is 6.92 Å². The number of rotatable bonds is 3. The molecule has 126 valence electrons. The summed E-state index contributed by atoms with van der Waals surface area (Å²) in [6.07, 6.45) is 1.60. The summed E-state index contributed by atoms with van der Waals surface area (Å²) in [5.74, 6) is 0.473. The lowest BCUT2D eigenvalue weighted by Gasteiger charge is -2.12. The largest absolute Gasteiger partial charge is 0.441 e. The van der Waals surface area contributed by atoms with E-state index in [2.05, 4.69) is 25.8 Å². The number of nitrogens with zero attached hydrogens (tertiary/aromatic N) is 2. The molecule has 0 bridgehead atoms. The number of H-pyrrole nitrogens is 1. The molecule has 3 N–H and O–H groups in total. The molecule has 0 fully saturated rings. The van der Waals surface area contributed by atoms with Gasteiger partial charge in [0, 0.05) is 42.9 Å². The third-order valence-electron chi connectivity index (χ3n) is 4.01. The SMILES string of the molecule is CCc1nc2cc(NC(=O)c3n[nH]c4c3CNCC4)ccc2o1.Cl. The molecule has 3 heterocycles. The Morgan fingerprint density at radius 1 is 1.42 bits per heavy atom. The van der Waals surface area contributed by atoms with Gasteiger partial charge in [0.2, 0.25) is 0 Å². The third-order valence-corrected chi connectivity index (χ3v) is 4.01.